The molecule has 0 unspecified atom stereocenters. The Kier molecular flexibility index (Phi) is 6.50. The Morgan fingerprint density at radius 3 is 2.81 bits per heavy atom. The summed E-state index contributed by atoms with van der Waals surface area (Å²) in [5.41, 5.74) is 0. The van der Waals surface area contributed by atoms with Crippen molar-refractivity contribution in [3.63, 3.8) is 0 Å². The van der Waals surface area contributed by atoms with E-state index in [4.69, 9.17) is 4.42 Å². The largest absolute Gasteiger partial charge is 0.410 e. The number of nitrogens with zero attached hydrogens (tertiary/aromatic N) is 2. The van der Waals surface area contributed by atoms with E-state index in [0.717, 1.165) is 6.54 Å². The molecule has 0 aromatic carbocycles. The number of likely N-dealkylation sites (tertiary alicyclic amines) is 1. The van der Waals surface area contributed by atoms with E-state index in [9.17, 15) is 4.79 Å². The Labute approximate surface area is 130 Å². The molecule has 1 aliphatic heterocycles. The fourth-order valence-electron chi connectivity index (χ4n) is 2.31. The average Bonchev–Trinajstić information content (AvgIpc) is 2.91. The number of aromatic nitrogens is 2. The molecule has 1 saturated heterocycles. The van der Waals surface area contributed by atoms with Crippen molar-refractivity contribution < 1.29 is 14.1 Å². The molecular weight excluding hydrogens is 288 g/mol. The molecule has 21 heavy (non-hydrogen) atoms. The normalized spacial score (nSPS) is 16.3. The number of thioether (sulfide) groups is 1. The standard InChI is InChI=1S/C14H24N4O2S/c1-11(2)8-15-12(19)10-21-14-17-16-13(20-14)9-18-6-4-3-5-7-18/h11H,3-10H2,1-2H3,(H,15,19)/p+1. The van der Waals surface area contributed by atoms with Crippen LogP contribution in [0.3, 0.4) is 0 Å². The number of hydrogen-bond acceptors (Lipinski definition) is 5. The lowest BCUT2D eigenvalue weighted by molar-refractivity contribution is -0.919. The van der Waals surface area contributed by atoms with E-state index in [1.165, 1.54) is 49.0 Å². The van der Waals surface area contributed by atoms with Crippen LogP contribution in [-0.2, 0) is 11.3 Å². The molecule has 1 amide bonds. The van der Waals surface area contributed by atoms with Gasteiger partial charge in [-0.3, -0.25) is 4.79 Å². The average molecular weight is 313 g/mol. The number of nitrogens with one attached hydrogen (secondary N) is 2. The highest BCUT2D eigenvalue weighted by atomic mass is 32.2. The molecule has 2 N–H and O–H groups in total. The molecule has 2 rings (SSSR count). The van der Waals surface area contributed by atoms with Gasteiger partial charge in [-0.1, -0.05) is 25.6 Å². The van der Waals surface area contributed by atoms with Gasteiger partial charge in [0.05, 0.1) is 18.8 Å². The number of hydrogen-bond donors (Lipinski definition) is 2. The first-order chi connectivity index (χ1) is 10.1. The van der Waals surface area contributed by atoms with Gasteiger partial charge in [-0.15, -0.1) is 10.2 Å². The van der Waals surface area contributed by atoms with E-state index in [0.29, 0.717) is 29.3 Å². The molecule has 2 heterocycles. The third-order valence-electron chi connectivity index (χ3n) is 3.44. The second-order valence-electron chi connectivity index (χ2n) is 5.94. The highest BCUT2D eigenvalue weighted by Gasteiger charge is 2.18. The molecule has 0 bridgehead atoms. The summed E-state index contributed by atoms with van der Waals surface area (Å²) in [6.45, 7) is 8.01. The number of quaternary nitrogens is 1. The molecule has 1 fully saturated rings. The van der Waals surface area contributed by atoms with Crippen LogP contribution in [0.15, 0.2) is 9.64 Å². The molecule has 0 aliphatic carbocycles. The Balaban J connectivity index is 1.71. The van der Waals surface area contributed by atoms with E-state index in [-0.39, 0.29) is 5.91 Å². The minimum atomic E-state index is 0.00936. The zero-order chi connectivity index (χ0) is 15.1. The number of amides is 1. The van der Waals surface area contributed by atoms with Gasteiger partial charge in [0, 0.05) is 6.54 Å². The third-order valence-corrected chi connectivity index (χ3v) is 4.26. The van der Waals surface area contributed by atoms with Crippen molar-refractivity contribution in [1.82, 2.24) is 15.5 Å². The maximum Gasteiger partial charge on any atom is 0.277 e. The van der Waals surface area contributed by atoms with Gasteiger partial charge in [-0.2, -0.15) is 0 Å². The molecular formula is C14H25N4O2S+. The Hall–Kier alpha value is -1.08. The van der Waals surface area contributed by atoms with Crippen LogP contribution in [0.5, 0.6) is 0 Å². The summed E-state index contributed by atoms with van der Waals surface area (Å²) in [7, 11) is 0. The van der Waals surface area contributed by atoms with Gasteiger partial charge in [-0.05, 0) is 25.2 Å². The van der Waals surface area contributed by atoms with Crippen LogP contribution in [0.1, 0.15) is 39.0 Å². The van der Waals surface area contributed by atoms with E-state index >= 15 is 0 Å². The fraction of sp³-hybridized carbons (Fsp3) is 0.786. The predicted molar refractivity (Wildman–Crippen MR) is 81.1 cm³/mol. The van der Waals surface area contributed by atoms with Crippen LogP contribution in [0.2, 0.25) is 0 Å². The van der Waals surface area contributed by atoms with Gasteiger partial charge < -0.3 is 14.6 Å². The van der Waals surface area contributed by atoms with E-state index in [1.807, 2.05) is 0 Å². The third kappa shape index (κ3) is 6.05. The lowest BCUT2D eigenvalue weighted by Crippen LogP contribution is -3.11. The molecule has 0 atom stereocenters. The van der Waals surface area contributed by atoms with Gasteiger partial charge >= 0.3 is 0 Å². The van der Waals surface area contributed by atoms with Gasteiger partial charge in [0.15, 0.2) is 6.54 Å². The zero-order valence-electron chi connectivity index (χ0n) is 12.9. The van der Waals surface area contributed by atoms with Crippen molar-refractivity contribution in [3.05, 3.63) is 5.89 Å². The molecule has 0 spiro atoms. The van der Waals surface area contributed by atoms with Crippen molar-refractivity contribution in [3.8, 4) is 0 Å². The van der Waals surface area contributed by atoms with Crippen molar-refractivity contribution in [1.29, 1.82) is 0 Å². The smallest absolute Gasteiger partial charge is 0.277 e. The Morgan fingerprint density at radius 1 is 1.33 bits per heavy atom. The van der Waals surface area contributed by atoms with Crippen LogP contribution >= 0.6 is 11.8 Å². The van der Waals surface area contributed by atoms with Gasteiger partial charge in [-0.25, -0.2) is 0 Å². The number of carbonyl (C=O) groups excluding carboxylic acids is 1. The van der Waals surface area contributed by atoms with Crippen LogP contribution in [0.25, 0.3) is 0 Å². The summed E-state index contributed by atoms with van der Waals surface area (Å²) in [6.07, 6.45) is 3.89. The number of rotatable bonds is 7. The zero-order valence-corrected chi connectivity index (χ0v) is 13.7. The molecule has 0 radical (unpaired) electrons. The molecule has 1 aliphatic rings. The predicted octanol–water partition coefficient (Wildman–Crippen LogP) is 0.503. The van der Waals surface area contributed by atoms with Gasteiger partial charge in [0.1, 0.15) is 0 Å². The summed E-state index contributed by atoms with van der Waals surface area (Å²) in [5, 5.41) is 11.4. The van der Waals surface area contributed by atoms with Crippen molar-refractivity contribution in [2.45, 2.75) is 44.9 Å². The van der Waals surface area contributed by atoms with Crippen LogP contribution in [0.4, 0.5) is 0 Å². The fourth-order valence-corrected chi connectivity index (χ4v) is 2.92. The monoisotopic (exact) mass is 313 g/mol. The SMILES string of the molecule is CC(C)CNC(=O)CSc1nnc(C[NH+]2CCCCC2)o1. The van der Waals surface area contributed by atoms with Crippen molar-refractivity contribution in [2.24, 2.45) is 5.92 Å². The van der Waals surface area contributed by atoms with Crippen LogP contribution < -0.4 is 10.2 Å². The summed E-state index contributed by atoms with van der Waals surface area (Å²) < 4.78 is 5.60. The molecule has 118 valence electrons. The molecule has 1 aromatic rings. The summed E-state index contributed by atoms with van der Waals surface area (Å²) >= 11 is 1.30. The Morgan fingerprint density at radius 2 is 2.10 bits per heavy atom. The number of carbonyl (C=O) groups is 1. The molecule has 0 saturated carbocycles. The molecule has 7 heteroatoms. The quantitative estimate of drug-likeness (QED) is 0.717. The highest BCUT2D eigenvalue weighted by Crippen LogP contribution is 2.15. The van der Waals surface area contributed by atoms with E-state index < -0.39 is 0 Å². The van der Waals surface area contributed by atoms with E-state index in [1.54, 1.807) is 0 Å². The first-order valence-electron chi connectivity index (χ1n) is 7.69. The number of piperidine rings is 1. The first kappa shape index (κ1) is 16.3. The lowest BCUT2D eigenvalue weighted by atomic mass is 10.1. The second kappa shape index (κ2) is 8.38. The first-order valence-corrected chi connectivity index (χ1v) is 8.67. The topological polar surface area (TPSA) is 72.5 Å². The molecule has 1 aromatic heterocycles. The van der Waals surface area contributed by atoms with Gasteiger partial charge in [0.25, 0.3) is 11.1 Å². The minimum Gasteiger partial charge on any atom is -0.410 e. The highest BCUT2D eigenvalue weighted by molar-refractivity contribution is 7.99. The maximum atomic E-state index is 11.6. The summed E-state index contributed by atoms with van der Waals surface area (Å²) in [6, 6.07) is 0. The minimum absolute atomic E-state index is 0.00936. The maximum absolute atomic E-state index is 11.6. The molecule has 6 nitrogen and oxygen atoms in total. The van der Waals surface area contributed by atoms with Gasteiger partial charge in [0.2, 0.25) is 5.91 Å². The van der Waals surface area contributed by atoms with Crippen molar-refractivity contribution >= 4 is 17.7 Å². The Bertz CT molecular complexity index is 444. The summed E-state index contributed by atoms with van der Waals surface area (Å²) in [5.74, 6) is 1.47. The lowest BCUT2D eigenvalue weighted by Gasteiger charge is -2.21. The van der Waals surface area contributed by atoms with Crippen LogP contribution in [0, 0.1) is 5.92 Å². The van der Waals surface area contributed by atoms with Crippen molar-refractivity contribution in [2.75, 3.05) is 25.4 Å². The van der Waals surface area contributed by atoms with E-state index in [2.05, 4.69) is 29.4 Å². The summed E-state index contributed by atoms with van der Waals surface area (Å²) in [4.78, 5) is 13.1. The second-order valence-corrected chi connectivity index (χ2v) is 6.86. The van der Waals surface area contributed by atoms with Crippen LogP contribution in [-0.4, -0.2) is 41.5 Å².